The fourth-order valence-corrected chi connectivity index (χ4v) is 3.67. The Morgan fingerprint density at radius 2 is 1.93 bits per heavy atom. The predicted octanol–water partition coefficient (Wildman–Crippen LogP) is 4.73. The van der Waals surface area contributed by atoms with Gasteiger partial charge >= 0.3 is 12.0 Å². The standard InChI is InChI=1S/C21H20N4O4S/c1-21(2,3)16-11-30-20(24-16)25-19(27)23-12-4-6-13(7-5-12)28-15-8-9-22-14-10-17(26)29-18(14)15/h4-9,11H,10H2,1-3H3,(H2,23,24,25,27). The summed E-state index contributed by atoms with van der Waals surface area (Å²) in [6.45, 7) is 6.21. The topological polar surface area (TPSA) is 102 Å². The Morgan fingerprint density at radius 3 is 2.63 bits per heavy atom. The summed E-state index contributed by atoms with van der Waals surface area (Å²) in [7, 11) is 0. The second kappa shape index (κ2) is 7.75. The Hall–Kier alpha value is -3.46. The normalized spacial score (nSPS) is 12.8. The number of hydrogen-bond acceptors (Lipinski definition) is 7. The van der Waals surface area contributed by atoms with Crippen LogP contribution in [0.15, 0.2) is 41.9 Å². The molecule has 0 unspecified atom stereocenters. The molecule has 1 aliphatic rings. The third kappa shape index (κ3) is 4.41. The number of anilines is 2. The Morgan fingerprint density at radius 1 is 1.17 bits per heavy atom. The van der Waals surface area contributed by atoms with Crippen LogP contribution in [-0.2, 0) is 16.6 Å². The smallest absolute Gasteiger partial charge is 0.325 e. The van der Waals surface area contributed by atoms with Crippen LogP contribution in [0.2, 0.25) is 0 Å². The summed E-state index contributed by atoms with van der Waals surface area (Å²) in [5.41, 5.74) is 2.01. The van der Waals surface area contributed by atoms with E-state index in [0.29, 0.717) is 33.8 Å². The van der Waals surface area contributed by atoms with Crippen LogP contribution < -0.4 is 20.1 Å². The van der Waals surface area contributed by atoms with Crippen molar-refractivity contribution in [1.29, 1.82) is 0 Å². The number of fused-ring (bicyclic) bond motifs is 1. The first-order chi connectivity index (χ1) is 14.3. The van der Waals surface area contributed by atoms with E-state index in [9.17, 15) is 9.59 Å². The number of carbonyl (C=O) groups excluding carboxylic acids is 2. The third-order valence-corrected chi connectivity index (χ3v) is 5.06. The van der Waals surface area contributed by atoms with Crippen LogP contribution in [0, 0.1) is 0 Å². The molecule has 4 rings (SSSR count). The highest BCUT2D eigenvalue weighted by atomic mass is 32.1. The van der Waals surface area contributed by atoms with Gasteiger partial charge in [0.2, 0.25) is 0 Å². The first-order valence-corrected chi connectivity index (χ1v) is 10.2. The molecule has 0 bridgehead atoms. The number of rotatable bonds is 4. The van der Waals surface area contributed by atoms with Gasteiger partial charge in [-0.2, -0.15) is 0 Å². The van der Waals surface area contributed by atoms with Crippen LogP contribution in [0.3, 0.4) is 0 Å². The monoisotopic (exact) mass is 424 g/mol. The molecular formula is C21H20N4O4S. The van der Waals surface area contributed by atoms with Crippen molar-refractivity contribution in [2.45, 2.75) is 32.6 Å². The van der Waals surface area contributed by atoms with E-state index in [1.807, 2.05) is 5.38 Å². The maximum atomic E-state index is 12.2. The van der Waals surface area contributed by atoms with Crippen molar-refractivity contribution in [2.24, 2.45) is 0 Å². The van der Waals surface area contributed by atoms with Gasteiger partial charge in [-0.1, -0.05) is 20.8 Å². The van der Waals surface area contributed by atoms with Crippen LogP contribution >= 0.6 is 11.3 Å². The Kier molecular flexibility index (Phi) is 5.13. The van der Waals surface area contributed by atoms with E-state index >= 15 is 0 Å². The molecule has 3 heterocycles. The fourth-order valence-electron chi connectivity index (χ4n) is 2.74. The zero-order valence-corrected chi connectivity index (χ0v) is 17.5. The highest BCUT2D eigenvalue weighted by Crippen LogP contribution is 2.37. The summed E-state index contributed by atoms with van der Waals surface area (Å²) in [5.74, 6) is 0.950. The van der Waals surface area contributed by atoms with E-state index in [1.54, 1.807) is 36.5 Å². The van der Waals surface area contributed by atoms with Gasteiger partial charge in [-0.3, -0.25) is 15.1 Å². The number of urea groups is 1. The number of thiazole rings is 1. The highest BCUT2D eigenvalue weighted by Gasteiger charge is 2.26. The van der Waals surface area contributed by atoms with Crippen LogP contribution in [0.1, 0.15) is 32.2 Å². The van der Waals surface area contributed by atoms with Crippen LogP contribution in [-0.4, -0.2) is 22.0 Å². The molecule has 2 N–H and O–H groups in total. The Labute approximate surface area is 177 Å². The SMILES string of the molecule is CC(C)(C)c1csc(NC(=O)Nc2ccc(Oc3ccnc4c3OC(=O)C4)cc2)n1. The van der Waals surface area contributed by atoms with Crippen molar-refractivity contribution in [1.82, 2.24) is 9.97 Å². The lowest BCUT2D eigenvalue weighted by molar-refractivity contribution is -0.131. The Balaban J connectivity index is 1.37. The van der Waals surface area contributed by atoms with Crippen molar-refractivity contribution in [2.75, 3.05) is 10.6 Å². The van der Waals surface area contributed by atoms with Crippen molar-refractivity contribution < 1.29 is 19.1 Å². The van der Waals surface area contributed by atoms with Gasteiger partial charge < -0.3 is 14.8 Å². The number of amides is 2. The predicted molar refractivity (Wildman–Crippen MR) is 114 cm³/mol. The molecule has 2 aromatic heterocycles. The third-order valence-electron chi connectivity index (χ3n) is 4.30. The van der Waals surface area contributed by atoms with E-state index in [4.69, 9.17) is 9.47 Å². The lowest BCUT2D eigenvalue weighted by Gasteiger charge is -2.14. The number of hydrogen-bond donors (Lipinski definition) is 2. The average molecular weight is 424 g/mol. The van der Waals surface area contributed by atoms with Crippen molar-refractivity contribution in [3.05, 3.63) is 53.3 Å². The first-order valence-electron chi connectivity index (χ1n) is 9.28. The van der Waals surface area contributed by atoms with E-state index in [0.717, 1.165) is 5.69 Å². The van der Waals surface area contributed by atoms with Gasteiger partial charge in [-0.25, -0.2) is 9.78 Å². The summed E-state index contributed by atoms with van der Waals surface area (Å²) in [6, 6.07) is 8.10. The van der Waals surface area contributed by atoms with Gasteiger partial charge in [0.25, 0.3) is 0 Å². The first kappa shape index (κ1) is 19.8. The van der Waals surface area contributed by atoms with E-state index in [2.05, 4.69) is 41.4 Å². The van der Waals surface area contributed by atoms with E-state index in [-0.39, 0.29) is 23.8 Å². The molecule has 9 heteroatoms. The van der Waals surface area contributed by atoms with Crippen LogP contribution in [0.5, 0.6) is 17.2 Å². The number of aromatic nitrogens is 2. The summed E-state index contributed by atoms with van der Waals surface area (Å²) < 4.78 is 11.0. The molecule has 0 fully saturated rings. The second-order valence-electron chi connectivity index (χ2n) is 7.73. The van der Waals surface area contributed by atoms with Gasteiger partial charge in [0.05, 0.1) is 17.8 Å². The van der Waals surface area contributed by atoms with Crippen molar-refractivity contribution in [3.8, 4) is 17.2 Å². The number of nitrogens with zero attached hydrogens (tertiary/aromatic N) is 2. The molecule has 0 saturated heterocycles. The van der Waals surface area contributed by atoms with E-state index < -0.39 is 0 Å². The number of carbonyl (C=O) groups is 2. The zero-order valence-electron chi connectivity index (χ0n) is 16.7. The molecule has 0 spiro atoms. The number of ether oxygens (including phenoxy) is 2. The minimum absolute atomic E-state index is 0.0734. The largest absolute Gasteiger partial charge is 0.453 e. The van der Waals surface area contributed by atoms with Gasteiger partial charge in [0.1, 0.15) is 5.75 Å². The summed E-state index contributed by atoms with van der Waals surface area (Å²) in [4.78, 5) is 32.3. The molecule has 0 atom stereocenters. The number of pyridine rings is 1. The van der Waals surface area contributed by atoms with Crippen LogP contribution in [0.25, 0.3) is 0 Å². The molecule has 0 radical (unpaired) electrons. The summed E-state index contributed by atoms with van der Waals surface area (Å²) in [6.07, 6.45) is 1.71. The van der Waals surface area contributed by atoms with E-state index in [1.165, 1.54) is 11.3 Å². The lowest BCUT2D eigenvalue weighted by atomic mass is 9.93. The number of esters is 1. The van der Waals surface area contributed by atoms with Gasteiger partial charge in [0.15, 0.2) is 16.6 Å². The second-order valence-corrected chi connectivity index (χ2v) is 8.59. The van der Waals surface area contributed by atoms with Gasteiger partial charge in [0, 0.05) is 28.7 Å². The minimum atomic E-state index is -0.377. The number of nitrogens with one attached hydrogen (secondary N) is 2. The highest BCUT2D eigenvalue weighted by molar-refractivity contribution is 7.14. The molecule has 0 aliphatic carbocycles. The minimum Gasteiger partial charge on any atom is -0.453 e. The lowest BCUT2D eigenvalue weighted by Crippen LogP contribution is -2.19. The average Bonchev–Trinajstić information content (AvgIpc) is 3.29. The van der Waals surface area contributed by atoms with Crippen molar-refractivity contribution in [3.63, 3.8) is 0 Å². The zero-order chi connectivity index (χ0) is 21.3. The summed E-state index contributed by atoms with van der Waals surface area (Å²) >= 11 is 1.38. The number of benzene rings is 1. The molecule has 30 heavy (non-hydrogen) atoms. The molecule has 8 nitrogen and oxygen atoms in total. The fraction of sp³-hybridized carbons (Fsp3) is 0.238. The molecule has 1 aliphatic heterocycles. The molecule has 0 saturated carbocycles. The molecule has 2 amide bonds. The van der Waals surface area contributed by atoms with Gasteiger partial charge in [-0.15, -0.1) is 11.3 Å². The maximum absolute atomic E-state index is 12.2. The molecule has 3 aromatic rings. The molecule has 154 valence electrons. The maximum Gasteiger partial charge on any atom is 0.325 e. The molecular weight excluding hydrogens is 404 g/mol. The van der Waals surface area contributed by atoms with Crippen molar-refractivity contribution >= 4 is 34.2 Å². The van der Waals surface area contributed by atoms with Crippen LogP contribution in [0.4, 0.5) is 15.6 Å². The summed E-state index contributed by atoms with van der Waals surface area (Å²) in [5, 5.41) is 7.98. The quantitative estimate of drug-likeness (QED) is 0.587. The Bertz CT molecular complexity index is 1100. The molecule has 1 aromatic carbocycles. The van der Waals surface area contributed by atoms with Gasteiger partial charge in [-0.05, 0) is 24.3 Å².